The molecule has 2 aromatic heterocycles. The summed E-state index contributed by atoms with van der Waals surface area (Å²) in [6, 6.07) is 7.65. The first-order chi connectivity index (χ1) is 9.24. The molecule has 0 saturated carbocycles. The molecule has 0 radical (unpaired) electrons. The van der Waals surface area contributed by atoms with Crippen LogP contribution in [-0.4, -0.2) is 25.3 Å². The van der Waals surface area contributed by atoms with Gasteiger partial charge in [-0.1, -0.05) is 5.16 Å². The van der Waals surface area contributed by atoms with Gasteiger partial charge in [-0.3, -0.25) is 4.98 Å². The highest BCUT2D eigenvalue weighted by molar-refractivity contribution is 5.66. The second-order valence-corrected chi connectivity index (χ2v) is 3.87. The quantitative estimate of drug-likeness (QED) is 0.682. The van der Waals surface area contributed by atoms with Gasteiger partial charge in [-0.25, -0.2) is 0 Å². The zero-order chi connectivity index (χ0) is 13.2. The average molecular weight is 255 g/mol. The van der Waals surface area contributed by atoms with E-state index in [1.807, 2.05) is 0 Å². The molecule has 0 saturated heterocycles. The second kappa shape index (κ2) is 4.41. The molecule has 2 heterocycles. The van der Waals surface area contributed by atoms with Crippen molar-refractivity contribution in [1.82, 2.24) is 15.1 Å². The van der Waals surface area contributed by atoms with Crippen molar-refractivity contribution in [1.29, 1.82) is 0 Å². The summed E-state index contributed by atoms with van der Waals surface area (Å²) < 4.78 is 5.08. The predicted octanol–water partition coefficient (Wildman–Crippen LogP) is 2.21. The van der Waals surface area contributed by atoms with Gasteiger partial charge in [0.2, 0.25) is 5.82 Å². The average Bonchev–Trinajstić information content (AvgIpc) is 2.92. The zero-order valence-electron chi connectivity index (χ0n) is 9.69. The van der Waals surface area contributed by atoms with Crippen LogP contribution in [0, 0.1) is 0 Å². The molecule has 2 N–H and O–H groups in total. The van der Waals surface area contributed by atoms with Gasteiger partial charge in [-0.05, 0) is 30.3 Å². The van der Waals surface area contributed by atoms with E-state index in [1.165, 1.54) is 18.2 Å². The van der Waals surface area contributed by atoms with E-state index in [1.54, 1.807) is 24.5 Å². The minimum Gasteiger partial charge on any atom is -0.508 e. The number of aromatic hydroxyl groups is 2. The third-order valence-corrected chi connectivity index (χ3v) is 2.56. The van der Waals surface area contributed by atoms with Crippen molar-refractivity contribution >= 4 is 0 Å². The SMILES string of the molecule is Oc1ccc(O)c(-c2nc(-c3cccnc3)no2)c1. The van der Waals surface area contributed by atoms with Crippen LogP contribution in [0.4, 0.5) is 0 Å². The van der Waals surface area contributed by atoms with E-state index in [-0.39, 0.29) is 23.0 Å². The molecule has 1 aromatic carbocycles. The first kappa shape index (κ1) is 11.2. The van der Waals surface area contributed by atoms with E-state index in [0.717, 1.165) is 0 Å². The first-order valence-corrected chi connectivity index (χ1v) is 5.50. The topological polar surface area (TPSA) is 92.3 Å². The van der Waals surface area contributed by atoms with Crippen molar-refractivity contribution in [2.24, 2.45) is 0 Å². The lowest BCUT2D eigenvalue weighted by molar-refractivity contribution is 0.423. The third-order valence-electron chi connectivity index (χ3n) is 2.56. The molecule has 0 spiro atoms. The summed E-state index contributed by atoms with van der Waals surface area (Å²) in [6.45, 7) is 0. The first-order valence-electron chi connectivity index (χ1n) is 5.50. The summed E-state index contributed by atoms with van der Waals surface area (Å²) in [5.74, 6) is 0.464. The van der Waals surface area contributed by atoms with Gasteiger partial charge in [-0.15, -0.1) is 0 Å². The van der Waals surface area contributed by atoms with Gasteiger partial charge in [0.15, 0.2) is 0 Å². The Bertz CT molecular complexity index is 710. The Kier molecular flexibility index (Phi) is 2.60. The smallest absolute Gasteiger partial charge is 0.262 e. The summed E-state index contributed by atoms with van der Waals surface area (Å²) in [5, 5.41) is 22.9. The molecule has 0 bridgehead atoms. The molecule has 3 aromatic rings. The molecular formula is C13H9N3O3. The Morgan fingerprint density at radius 1 is 1.11 bits per heavy atom. The zero-order valence-corrected chi connectivity index (χ0v) is 9.69. The highest BCUT2D eigenvalue weighted by Crippen LogP contribution is 2.31. The molecule has 0 fully saturated rings. The van der Waals surface area contributed by atoms with Crippen molar-refractivity contribution in [3.8, 4) is 34.3 Å². The number of rotatable bonds is 2. The second-order valence-electron chi connectivity index (χ2n) is 3.87. The Labute approximate surface area is 108 Å². The van der Waals surface area contributed by atoms with Crippen molar-refractivity contribution in [2.75, 3.05) is 0 Å². The van der Waals surface area contributed by atoms with Crippen molar-refractivity contribution in [3.63, 3.8) is 0 Å². The van der Waals surface area contributed by atoms with Crippen LogP contribution >= 0.6 is 0 Å². The fourth-order valence-electron chi connectivity index (χ4n) is 1.64. The van der Waals surface area contributed by atoms with Gasteiger partial charge < -0.3 is 14.7 Å². The molecule has 0 atom stereocenters. The lowest BCUT2D eigenvalue weighted by atomic mass is 10.2. The number of hydrogen-bond acceptors (Lipinski definition) is 6. The predicted molar refractivity (Wildman–Crippen MR) is 66.3 cm³/mol. The molecule has 6 heteroatoms. The molecule has 0 aliphatic carbocycles. The minimum atomic E-state index is -0.0424. The van der Waals surface area contributed by atoms with E-state index in [9.17, 15) is 10.2 Å². The molecule has 19 heavy (non-hydrogen) atoms. The standard InChI is InChI=1S/C13H9N3O3/c17-9-3-4-11(18)10(6-9)13-15-12(16-19-13)8-2-1-5-14-7-8/h1-7,17-18H. The molecule has 0 aliphatic rings. The largest absolute Gasteiger partial charge is 0.508 e. The van der Waals surface area contributed by atoms with Crippen molar-refractivity contribution in [3.05, 3.63) is 42.7 Å². The Hall–Kier alpha value is -2.89. The van der Waals surface area contributed by atoms with Gasteiger partial charge in [0.05, 0.1) is 5.56 Å². The van der Waals surface area contributed by atoms with E-state index in [0.29, 0.717) is 11.4 Å². The highest BCUT2D eigenvalue weighted by Gasteiger charge is 2.14. The van der Waals surface area contributed by atoms with Gasteiger partial charge in [0.25, 0.3) is 5.89 Å². The van der Waals surface area contributed by atoms with Gasteiger partial charge in [0.1, 0.15) is 11.5 Å². The molecule has 0 unspecified atom stereocenters. The number of phenolic OH excluding ortho intramolecular Hbond substituents is 2. The van der Waals surface area contributed by atoms with Crippen molar-refractivity contribution in [2.45, 2.75) is 0 Å². The Balaban J connectivity index is 2.04. The molecule has 0 amide bonds. The monoisotopic (exact) mass is 255 g/mol. The van der Waals surface area contributed by atoms with Crippen LogP contribution in [0.25, 0.3) is 22.8 Å². The number of aromatic nitrogens is 3. The van der Waals surface area contributed by atoms with Gasteiger partial charge >= 0.3 is 0 Å². The molecule has 0 aliphatic heterocycles. The van der Waals surface area contributed by atoms with E-state index in [2.05, 4.69) is 15.1 Å². The summed E-state index contributed by atoms with van der Waals surface area (Å²) in [7, 11) is 0. The lowest BCUT2D eigenvalue weighted by Gasteiger charge is -1.99. The van der Waals surface area contributed by atoms with Crippen LogP contribution in [0.1, 0.15) is 0 Å². The maximum atomic E-state index is 9.72. The number of nitrogens with zero attached hydrogens (tertiary/aromatic N) is 3. The molecular weight excluding hydrogens is 246 g/mol. The summed E-state index contributed by atoms with van der Waals surface area (Å²) >= 11 is 0. The fourth-order valence-corrected chi connectivity index (χ4v) is 1.64. The molecule has 6 nitrogen and oxygen atoms in total. The van der Waals surface area contributed by atoms with E-state index >= 15 is 0 Å². The number of pyridine rings is 1. The van der Waals surface area contributed by atoms with Crippen LogP contribution in [0.5, 0.6) is 11.5 Å². The van der Waals surface area contributed by atoms with Crippen LogP contribution in [0.3, 0.4) is 0 Å². The van der Waals surface area contributed by atoms with Crippen LogP contribution in [0.15, 0.2) is 47.2 Å². The highest BCUT2D eigenvalue weighted by atomic mass is 16.5. The van der Waals surface area contributed by atoms with E-state index in [4.69, 9.17) is 4.52 Å². The van der Waals surface area contributed by atoms with Crippen molar-refractivity contribution < 1.29 is 14.7 Å². The number of benzene rings is 1. The minimum absolute atomic E-state index is 0.00827. The summed E-state index contributed by atoms with van der Waals surface area (Å²) in [6.07, 6.45) is 3.25. The number of hydrogen-bond donors (Lipinski definition) is 2. The van der Waals surface area contributed by atoms with Crippen LogP contribution in [-0.2, 0) is 0 Å². The van der Waals surface area contributed by atoms with Gasteiger partial charge in [-0.2, -0.15) is 4.98 Å². The fraction of sp³-hybridized carbons (Fsp3) is 0. The lowest BCUT2D eigenvalue weighted by Crippen LogP contribution is -1.82. The third kappa shape index (κ3) is 2.11. The van der Waals surface area contributed by atoms with Gasteiger partial charge in [0, 0.05) is 18.0 Å². The Morgan fingerprint density at radius 2 is 2.00 bits per heavy atom. The maximum absolute atomic E-state index is 9.72. The summed E-state index contributed by atoms with van der Waals surface area (Å²) in [5.41, 5.74) is 0.986. The van der Waals surface area contributed by atoms with Crippen LogP contribution < -0.4 is 0 Å². The van der Waals surface area contributed by atoms with Crippen LogP contribution in [0.2, 0.25) is 0 Å². The maximum Gasteiger partial charge on any atom is 0.262 e. The normalized spacial score (nSPS) is 10.5. The van der Waals surface area contributed by atoms with E-state index < -0.39 is 0 Å². The molecule has 94 valence electrons. The molecule has 3 rings (SSSR count). The Morgan fingerprint density at radius 3 is 2.79 bits per heavy atom. The number of phenols is 2. The summed E-state index contributed by atoms with van der Waals surface area (Å²) in [4.78, 5) is 8.13.